The van der Waals surface area contributed by atoms with Gasteiger partial charge in [0.25, 0.3) is 5.91 Å². The Kier molecular flexibility index (Phi) is 5.46. The fraction of sp³-hybridized carbons (Fsp3) is 0.353. The van der Waals surface area contributed by atoms with Crippen LogP contribution in [-0.2, 0) is 0 Å². The van der Waals surface area contributed by atoms with Crippen molar-refractivity contribution in [1.29, 1.82) is 0 Å². The number of aromatic nitrogens is 2. The molecule has 3 N–H and O–H groups in total. The van der Waals surface area contributed by atoms with Crippen LogP contribution in [0.2, 0.25) is 0 Å². The summed E-state index contributed by atoms with van der Waals surface area (Å²) in [6, 6.07) is 5.15. The summed E-state index contributed by atoms with van der Waals surface area (Å²) in [6.45, 7) is 5.83. The van der Waals surface area contributed by atoms with E-state index in [0.717, 1.165) is 5.39 Å². The van der Waals surface area contributed by atoms with Gasteiger partial charge in [-0.15, -0.1) is 0 Å². The van der Waals surface area contributed by atoms with Gasteiger partial charge in [0.15, 0.2) is 0 Å². The second-order valence-electron chi connectivity index (χ2n) is 6.38. The van der Waals surface area contributed by atoms with Crippen molar-refractivity contribution in [3.05, 3.63) is 42.1 Å². The molecule has 0 atom stereocenters. The molecule has 0 aliphatic rings. The first-order valence-corrected chi connectivity index (χ1v) is 7.52. The van der Waals surface area contributed by atoms with Crippen molar-refractivity contribution >= 4 is 16.8 Å². The van der Waals surface area contributed by atoms with Crippen molar-refractivity contribution in [1.82, 2.24) is 15.3 Å². The number of nitrogens with one attached hydrogen (secondary N) is 1. The molecular formula is C17H21FN4O2. The number of carbonyl (C=O) groups excluding carboxylic acids is 1. The molecule has 7 heteroatoms. The number of amides is 1. The van der Waals surface area contributed by atoms with Crippen molar-refractivity contribution in [2.75, 3.05) is 13.2 Å². The summed E-state index contributed by atoms with van der Waals surface area (Å²) in [5, 5.41) is 3.54. The monoisotopic (exact) mass is 332 g/mol. The zero-order valence-electron chi connectivity index (χ0n) is 14.0. The number of nitrogens with zero attached hydrogens (tertiary/aromatic N) is 2. The number of ether oxygens (including phenoxy) is 1. The quantitative estimate of drug-likeness (QED) is 0.877. The SMILES string of the molecule is CC(C)(C)NC(=O)c1ncc2cc(OC/C(=C/F)CN)ccc2n1. The number of rotatable bonds is 5. The molecule has 0 saturated carbocycles. The van der Waals surface area contributed by atoms with Crippen LogP contribution in [0.1, 0.15) is 31.4 Å². The summed E-state index contributed by atoms with van der Waals surface area (Å²) in [4.78, 5) is 20.4. The van der Waals surface area contributed by atoms with Gasteiger partial charge in [0.2, 0.25) is 5.82 Å². The minimum absolute atomic E-state index is 0.0748. The minimum Gasteiger partial charge on any atom is -0.489 e. The fourth-order valence-electron chi connectivity index (χ4n) is 1.92. The molecule has 0 aliphatic carbocycles. The smallest absolute Gasteiger partial charge is 0.289 e. The Morgan fingerprint density at radius 3 is 2.79 bits per heavy atom. The maximum absolute atomic E-state index is 12.5. The van der Waals surface area contributed by atoms with Gasteiger partial charge in [0.05, 0.1) is 11.8 Å². The van der Waals surface area contributed by atoms with Crippen LogP contribution in [0.3, 0.4) is 0 Å². The van der Waals surface area contributed by atoms with E-state index in [-0.39, 0.29) is 30.4 Å². The van der Waals surface area contributed by atoms with E-state index in [0.29, 0.717) is 23.2 Å². The van der Waals surface area contributed by atoms with Gasteiger partial charge >= 0.3 is 0 Å². The predicted molar refractivity (Wildman–Crippen MR) is 90.5 cm³/mol. The summed E-state index contributed by atoms with van der Waals surface area (Å²) in [7, 11) is 0. The van der Waals surface area contributed by atoms with E-state index in [9.17, 15) is 9.18 Å². The third-order valence-corrected chi connectivity index (χ3v) is 3.08. The van der Waals surface area contributed by atoms with E-state index >= 15 is 0 Å². The van der Waals surface area contributed by atoms with Gasteiger partial charge in [0.1, 0.15) is 12.4 Å². The van der Waals surface area contributed by atoms with Gasteiger partial charge in [-0.25, -0.2) is 14.4 Å². The lowest BCUT2D eigenvalue weighted by atomic mass is 10.1. The average Bonchev–Trinajstić information content (AvgIpc) is 2.53. The maximum Gasteiger partial charge on any atom is 0.289 e. The predicted octanol–water partition coefficient (Wildman–Crippen LogP) is 2.35. The number of fused-ring (bicyclic) bond motifs is 1. The van der Waals surface area contributed by atoms with E-state index < -0.39 is 0 Å². The van der Waals surface area contributed by atoms with Crippen molar-refractivity contribution in [3.63, 3.8) is 0 Å². The second kappa shape index (κ2) is 7.35. The third-order valence-electron chi connectivity index (χ3n) is 3.08. The number of hydrogen-bond acceptors (Lipinski definition) is 5. The first kappa shape index (κ1) is 17.8. The molecule has 0 bridgehead atoms. The Morgan fingerprint density at radius 2 is 2.17 bits per heavy atom. The minimum atomic E-state index is -0.363. The van der Waals surface area contributed by atoms with Gasteiger partial charge < -0.3 is 15.8 Å². The number of hydrogen-bond donors (Lipinski definition) is 2. The van der Waals surface area contributed by atoms with Gasteiger partial charge in [-0.1, -0.05) is 0 Å². The molecule has 1 aromatic heterocycles. The zero-order chi connectivity index (χ0) is 17.7. The standard InChI is InChI=1S/C17H21FN4O2/c1-17(2,3)22-16(23)15-20-9-12-6-13(4-5-14(12)21-15)24-10-11(7-18)8-19/h4-7,9H,8,10,19H2,1-3H3,(H,22,23)/b11-7+. The van der Waals surface area contributed by atoms with Gasteiger partial charge in [0, 0.05) is 29.2 Å². The molecule has 1 aromatic carbocycles. The number of nitrogens with two attached hydrogens (primary N) is 1. The number of carbonyl (C=O) groups is 1. The Morgan fingerprint density at radius 1 is 1.42 bits per heavy atom. The first-order valence-electron chi connectivity index (χ1n) is 7.52. The largest absolute Gasteiger partial charge is 0.489 e. The highest BCUT2D eigenvalue weighted by Gasteiger charge is 2.17. The Labute approximate surface area is 139 Å². The molecule has 2 rings (SSSR count). The molecule has 2 aromatic rings. The van der Waals surface area contributed by atoms with Crippen LogP contribution in [0.15, 0.2) is 36.3 Å². The lowest BCUT2D eigenvalue weighted by molar-refractivity contribution is 0.0909. The molecule has 0 spiro atoms. The van der Waals surface area contributed by atoms with E-state index in [1.165, 1.54) is 0 Å². The molecule has 128 valence electrons. The van der Waals surface area contributed by atoms with Crippen molar-refractivity contribution < 1.29 is 13.9 Å². The van der Waals surface area contributed by atoms with Crippen molar-refractivity contribution in [2.45, 2.75) is 26.3 Å². The summed E-state index contributed by atoms with van der Waals surface area (Å²) in [5.74, 6) is 0.327. The Hall–Kier alpha value is -2.54. The highest BCUT2D eigenvalue weighted by molar-refractivity contribution is 5.93. The van der Waals surface area contributed by atoms with Crippen LogP contribution in [-0.4, -0.2) is 34.6 Å². The highest BCUT2D eigenvalue weighted by Crippen LogP contribution is 2.19. The van der Waals surface area contributed by atoms with E-state index in [1.807, 2.05) is 20.8 Å². The van der Waals surface area contributed by atoms with Crippen LogP contribution in [0, 0.1) is 0 Å². The van der Waals surface area contributed by atoms with E-state index in [1.54, 1.807) is 24.4 Å². The summed E-state index contributed by atoms with van der Waals surface area (Å²) >= 11 is 0. The van der Waals surface area contributed by atoms with Crippen LogP contribution in [0.4, 0.5) is 4.39 Å². The van der Waals surface area contributed by atoms with Crippen LogP contribution in [0.5, 0.6) is 5.75 Å². The molecule has 0 saturated heterocycles. The first-order chi connectivity index (χ1) is 11.3. The van der Waals surface area contributed by atoms with Gasteiger partial charge in [-0.05, 0) is 39.0 Å². The number of halogens is 1. The third kappa shape index (κ3) is 4.73. The number of benzene rings is 1. The lowest BCUT2D eigenvalue weighted by Crippen LogP contribution is -2.41. The van der Waals surface area contributed by atoms with Crippen LogP contribution in [0.25, 0.3) is 10.9 Å². The topological polar surface area (TPSA) is 90.1 Å². The second-order valence-corrected chi connectivity index (χ2v) is 6.38. The molecule has 0 unspecified atom stereocenters. The summed E-state index contributed by atoms with van der Waals surface area (Å²) in [6.07, 6.45) is 2.01. The van der Waals surface area contributed by atoms with Gasteiger partial charge in [-0.3, -0.25) is 4.79 Å². The lowest BCUT2D eigenvalue weighted by Gasteiger charge is -2.19. The molecule has 6 nitrogen and oxygen atoms in total. The highest BCUT2D eigenvalue weighted by atomic mass is 19.1. The Bertz CT molecular complexity index is 769. The molecule has 1 heterocycles. The summed E-state index contributed by atoms with van der Waals surface area (Å²) in [5.41, 5.74) is 6.00. The molecule has 0 aliphatic heterocycles. The maximum atomic E-state index is 12.5. The normalized spacial score (nSPS) is 12.3. The molecular weight excluding hydrogens is 311 g/mol. The van der Waals surface area contributed by atoms with Crippen LogP contribution < -0.4 is 15.8 Å². The van der Waals surface area contributed by atoms with E-state index in [2.05, 4.69) is 15.3 Å². The Balaban J connectivity index is 2.17. The van der Waals surface area contributed by atoms with Gasteiger partial charge in [-0.2, -0.15) is 0 Å². The molecule has 24 heavy (non-hydrogen) atoms. The van der Waals surface area contributed by atoms with Crippen molar-refractivity contribution in [2.24, 2.45) is 5.73 Å². The average molecular weight is 332 g/mol. The van der Waals surface area contributed by atoms with Crippen molar-refractivity contribution in [3.8, 4) is 5.75 Å². The summed E-state index contributed by atoms with van der Waals surface area (Å²) < 4.78 is 17.9. The molecule has 1 amide bonds. The fourth-order valence-corrected chi connectivity index (χ4v) is 1.92. The van der Waals surface area contributed by atoms with E-state index in [4.69, 9.17) is 10.5 Å². The zero-order valence-corrected chi connectivity index (χ0v) is 14.0. The molecule has 0 fully saturated rings. The molecule has 0 radical (unpaired) electrons. The van der Waals surface area contributed by atoms with Crippen LogP contribution >= 0.6 is 0 Å².